The Hall–Kier alpha value is -4.53. The normalized spacial score (nSPS) is 9.88. The molecule has 0 spiro atoms. The van der Waals surface area contributed by atoms with Crippen molar-refractivity contribution >= 4 is 32.7 Å². The molecular weight excluding hydrogens is 542 g/mol. The molecule has 218 valence electrons. The highest BCUT2D eigenvalue weighted by atomic mass is 32.1. The van der Waals surface area contributed by atoms with Gasteiger partial charge in [-0.05, 0) is 75.2 Å². The highest BCUT2D eigenvalue weighted by Gasteiger charge is 1.97. The highest BCUT2D eigenvalue weighted by Crippen LogP contribution is 2.20. The van der Waals surface area contributed by atoms with Gasteiger partial charge < -0.3 is 19.1 Å². The number of rotatable bonds is 1. The van der Waals surface area contributed by atoms with Gasteiger partial charge in [0.2, 0.25) is 0 Å². The molecule has 0 atom stereocenters. The standard InChI is InChI=1S/C8H7NO.C8H7NS.C8H10O.C5H8N2.C5H7N/c2*1-6-9-7-4-2-3-5-8(7)10-6;1-7-4-2-3-5-8(7)6-9;1-5-6-3-4-7(5)2;1-5-3-2-4-6-5/h2*2-5H,1H3;2-5,9H,6H2,1H3;3-4H,1-2H3;2-4,6H,1H3. The van der Waals surface area contributed by atoms with E-state index in [1.54, 1.807) is 17.5 Å². The lowest BCUT2D eigenvalue weighted by molar-refractivity contribution is 0.281. The summed E-state index contributed by atoms with van der Waals surface area (Å²) < 4.78 is 8.51. The molecule has 7 rings (SSSR count). The third kappa shape index (κ3) is 10.5. The molecule has 0 unspecified atom stereocenters. The van der Waals surface area contributed by atoms with E-state index in [0.29, 0.717) is 0 Å². The molecule has 0 aliphatic carbocycles. The summed E-state index contributed by atoms with van der Waals surface area (Å²) >= 11 is 1.74. The first kappa shape index (κ1) is 32.0. The molecule has 0 aliphatic rings. The first-order valence-corrected chi connectivity index (χ1v) is 14.4. The van der Waals surface area contributed by atoms with Gasteiger partial charge in [-0.25, -0.2) is 15.0 Å². The number of aliphatic hydroxyl groups is 1. The SMILES string of the molecule is Cc1ccc[nH]1.Cc1ccccc1CO.Cc1nc2ccccc2o1.Cc1nc2ccccc2s1.Cc1nccn1C. The zero-order chi connectivity index (χ0) is 30.3. The van der Waals surface area contributed by atoms with Crippen molar-refractivity contribution in [1.29, 1.82) is 0 Å². The Kier molecular flexibility index (Phi) is 12.7. The van der Waals surface area contributed by atoms with Gasteiger partial charge in [-0.2, -0.15) is 0 Å². The van der Waals surface area contributed by atoms with Crippen LogP contribution in [0.2, 0.25) is 0 Å². The smallest absolute Gasteiger partial charge is 0.192 e. The fourth-order valence-corrected chi connectivity index (χ4v) is 4.45. The van der Waals surface area contributed by atoms with Gasteiger partial charge in [-0.15, -0.1) is 11.3 Å². The van der Waals surface area contributed by atoms with Gasteiger partial charge >= 0.3 is 0 Å². The van der Waals surface area contributed by atoms with Crippen LogP contribution < -0.4 is 0 Å². The maximum Gasteiger partial charge on any atom is 0.192 e. The molecule has 8 heteroatoms. The summed E-state index contributed by atoms with van der Waals surface area (Å²) in [6, 6.07) is 27.8. The molecule has 0 saturated heterocycles. The Morgan fingerprint density at radius 3 is 2.00 bits per heavy atom. The Labute approximate surface area is 251 Å². The zero-order valence-corrected chi connectivity index (χ0v) is 25.9. The Balaban J connectivity index is 0.000000146. The number of H-pyrrole nitrogens is 1. The van der Waals surface area contributed by atoms with Crippen molar-refractivity contribution in [2.75, 3.05) is 0 Å². The van der Waals surface area contributed by atoms with Crippen LogP contribution in [0.15, 0.2) is 108 Å². The van der Waals surface area contributed by atoms with E-state index in [9.17, 15) is 0 Å². The number of benzene rings is 3. The molecule has 7 aromatic rings. The van der Waals surface area contributed by atoms with E-state index >= 15 is 0 Å². The summed E-state index contributed by atoms with van der Waals surface area (Å²) in [7, 11) is 1.97. The van der Waals surface area contributed by atoms with Crippen LogP contribution in [0.1, 0.15) is 33.5 Å². The second kappa shape index (κ2) is 16.7. The van der Waals surface area contributed by atoms with Gasteiger partial charge in [0.05, 0.1) is 21.8 Å². The van der Waals surface area contributed by atoms with E-state index in [4.69, 9.17) is 9.52 Å². The summed E-state index contributed by atoms with van der Waals surface area (Å²) in [5.41, 5.74) is 6.29. The summed E-state index contributed by atoms with van der Waals surface area (Å²) in [6.07, 6.45) is 5.62. The summed E-state index contributed by atoms with van der Waals surface area (Å²) in [5, 5.41) is 9.86. The molecule has 2 N–H and O–H groups in total. The lowest BCUT2D eigenvalue weighted by Gasteiger charge is -1.97. The van der Waals surface area contributed by atoms with Crippen LogP contribution in [0.4, 0.5) is 0 Å². The minimum atomic E-state index is 0.146. The van der Waals surface area contributed by atoms with E-state index in [1.807, 2.05) is 137 Å². The number of aryl methyl sites for hydroxylation is 6. The second-order valence-corrected chi connectivity index (χ2v) is 10.7. The third-order valence-corrected chi connectivity index (χ3v) is 7.00. The average Bonchev–Trinajstić information content (AvgIpc) is 3.78. The summed E-state index contributed by atoms with van der Waals surface area (Å²) in [6.45, 7) is 10.0. The molecule has 0 fully saturated rings. The predicted octanol–water partition coefficient (Wildman–Crippen LogP) is 8.28. The number of imidazole rings is 1. The van der Waals surface area contributed by atoms with Crippen LogP contribution in [0.5, 0.6) is 0 Å². The monoisotopic (exact) mass is 581 g/mol. The number of thiazole rings is 1. The molecule has 0 amide bonds. The van der Waals surface area contributed by atoms with Gasteiger partial charge in [0.25, 0.3) is 0 Å². The molecule has 4 heterocycles. The van der Waals surface area contributed by atoms with Crippen LogP contribution in [0.3, 0.4) is 0 Å². The number of hydrogen-bond donors (Lipinski definition) is 2. The van der Waals surface area contributed by atoms with Gasteiger partial charge in [0, 0.05) is 38.3 Å². The number of aliphatic hydroxyl groups excluding tert-OH is 1. The summed E-state index contributed by atoms with van der Waals surface area (Å²) in [5.74, 6) is 1.78. The van der Waals surface area contributed by atoms with E-state index in [1.165, 1.54) is 10.4 Å². The average molecular weight is 582 g/mol. The molecule has 42 heavy (non-hydrogen) atoms. The number of aromatic nitrogens is 5. The van der Waals surface area contributed by atoms with Gasteiger partial charge in [-0.3, -0.25) is 0 Å². The van der Waals surface area contributed by atoms with Crippen LogP contribution in [-0.4, -0.2) is 29.6 Å². The maximum atomic E-state index is 8.72. The topological polar surface area (TPSA) is 92.8 Å². The van der Waals surface area contributed by atoms with Crippen molar-refractivity contribution in [3.05, 3.63) is 137 Å². The summed E-state index contributed by atoms with van der Waals surface area (Å²) in [4.78, 5) is 15.5. The quantitative estimate of drug-likeness (QED) is 0.203. The van der Waals surface area contributed by atoms with Crippen molar-refractivity contribution in [3.8, 4) is 0 Å². The van der Waals surface area contributed by atoms with Crippen LogP contribution >= 0.6 is 11.3 Å². The number of nitrogens with one attached hydrogen (secondary N) is 1. The molecule has 0 radical (unpaired) electrons. The zero-order valence-electron chi connectivity index (χ0n) is 25.1. The van der Waals surface area contributed by atoms with Crippen LogP contribution in [-0.2, 0) is 13.7 Å². The number of hydrogen-bond acceptors (Lipinski definition) is 6. The van der Waals surface area contributed by atoms with E-state index < -0.39 is 0 Å². The molecule has 0 aliphatic heterocycles. The minimum absolute atomic E-state index is 0.146. The fraction of sp³-hybridized carbons (Fsp3) is 0.206. The van der Waals surface area contributed by atoms with Crippen LogP contribution in [0.25, 0.3) is 21.3 Å². The number of oxazole rings is 1. The van der Waals surface area contributed by atoms with Crippen molar-refractivity contribution in [2.45, 2.75) is 41.2 Å². The number of para-hydroxylation sites is 3. The fourth-order valence-electron chi connectivity index (χ4n) is 3.62. The first-order valence-electron chi connectivity index (χ1n) is 13.6. The molecule has 3 aromatic carbocycles. The van der Waals surface area contributed by atoms with Gasteiger partial charge in [-0.1, -0.05) is 48.5 Å². The molecule has 4 aromatic heterocycles. The highest BCUT2D eigenvalue weighted by molar-refractivity contribution is 7.18. The van der Waals surface area contributed by atoms with Crippen molar-refractivity contribution in [2.24, 2.45) is 7.05 Å². The van der Waals surface area contributed by atoms with Gasteiger partial charge in [0.15, 0.2) is 11.5 Å². The minimum Gasteiger partial charge on any atom is -0.441 e. The largest absolute Gasteiger partial charge is 0.441 e. The number of fused-ring (bicyclic) bond motifs is 2. The van der Waals surface area contributed by atoms with Crippen molar-refractivity contribution in [3.63, 3.8) is 0 Å². The van der Waals surface area contributed by atoms with Crippen molar-refractivity contribution in [1.82, 2.24) is 24.5 Å². The van der Waals surface area contributed by atoms with Gasteiger partial charge in [0.1, 0.15) is 11.3 Å². The molecule has 0 bridgehead atoms. The molecule has 0 saturated carbocycles. The Bertz CT molecular complexity index is 1590. The third-order valence-electron chi connectivity index (χ3n) is 6.05. The number of aromatic amines is 1. The predicted molar refractivity (Wildman–Crippen MR) is 174 cm³/mol. The second-order valence-electron chi connectivity index (χ2n) is 9.42. The number of nitrogens with zero attached hydrogens (tertiary/aromatic N) is 4. The van der Waals surface area contributed by atoms with E-state index in [-0.39, 0.29) is 6.61 Å². The lowest BCUT2D eigenvalue weighted by Crippen LogP contribution is -1.86. The first-order chi connectivity index (χ1) is 20.3. The maximum absolute atomic E-state index is 8.72. The van der Waals surface area contributed by atoms with E-state index in [2.05, 4.69) is 26.0 Å². The van der Waals surface area contributed by atoms with Crippen LogP contribution in [0, 0.1) is 34.6 Å². The molecular formula is C34H39N5O2S. The Morgan fingerprint density at radius 2 is 1.50 bits per heavy atom. The lowest BCUT2D eigenvalue weighted by atomic mass is 10.1. The molecule has 7 nitrogen and oxygen atoms in total. The van der Waals surface area contributed by atoms with Crippen molar-refractivity contribution < 1.29 is 9.52 Å². The Morgan fingerprint density at radius 1 is 0.810 bits per heavy atom. The van der Waals surface area contributed by atoms with E-state index in [0.717, 1.165) is 44.5 Å².